The van der Waals surface area contributed by atoms with Crippen molar-refractivity contribution >= 4 is 5.97 Å². The molecule has 0 saturated carbocycles. The van der Waals surface area contributed by atoms with E-state index in [1.165, 1.54) is 0 Å². The number of fused-ring (bicyclic) bond motifs is 1. The van der Waals surface area contributed by atoms with Crippen molar-refractivity contribution in [1.29, 1.82) is 0 Å². The highest BCUT2D eigenvalue weighted by atomic mass is 16.5. The first-order valence-electron chi connectivity index (χ1n) is 6.54. The van der Waals surface area contributed by atoms with Crippen LogP contribution in [0.25, 0.3) is 0 Å². The zero-order valence-corrected chi connectivity index (χ0v) is 11.0. The summed E-state index contributed by atoms with van der Waals surface area (Å²) in [6.45, 7) is 4.39. The van der Waals surface area contributed by atoms with Crippen LogP contribution in [0.4, 0.5) is 0 Å². The largest absolute Gasteiger partial charge is 0.492 e. The zero-order valence-electron chi connectivity index (χ0n) is 11.0. The molecule has 2 unspecified atom stereocenters. The molecular formula is C15H20O3. The second-order valence-electron chi connectivity index (χ2n) is 5.22. The van der Waals surface area contributed by atoms with E-state index in [1.807, 2.05) is 31.2 Å². The topological polar surface area (TPSA) is 46.5 Å². The maximum absolute atomic E-state index is 11.7. The van der Waals surface area contributed by atoms with Crippen molar-refractivity contribution in [3.8, 4) is 5.75 Å². The molecule has 1 aliphatic rings. The summed E-state index contributed by atoms with van der Waals surface area (Å²) < 4.78 is 5.69. The number of carboxylic acid groups (broad SMARTS) is 1. The summed E-state index contributed by atoms with van der Waals surface area (Å²) in [5.41, 5.74) is 0.235. The SMILES string of the molecule is CCCC(C)C1(C(=O)O)COc2ccccc2C1. The lowest BCUT2D eigenvalue weighted by atomic mass is 9.69. The third-order valence-corrected chi connectivity index (χ3v) is 4.05. The van der Waals surface area contributed by atoms with Gasteiger partial charge in [0.15, 0.2) is 0 Å². The van der Waals surface area contributed by atoms with E-state index in [0.29, 0.717) is 6.42 Å². The Labute approximate surface area is 108 Å². The minimum atomic E-state index is -0.773. The molecule has 0 aromatic heterocycles. The Morgan fingerprint density at radius 3 is 2.89 bits per heavy atom. The van der Waals surface area contributed by atoms with Gasteiger partial charge >= 0.3 is 5.97 Å². The molecule has 3 heteroatoms. The van der Waals surface area contributed by atoms with E-state index in [4.69, 9.17) is 4.74 Å². The Morgan fingerprint density at radius 2 is 2.22 bits per heavy atom. The van der Waals surface area contributed by atoms with E-state index in [1.54, 1.807) is 0 Å². The molecule has 1 heterocycles. The summed E-state index contributed by atoms with van der Waals surface area (Å²) >= 11 is 0. The number of carbonyl (C=O) groups is 1. The number of hydrogen-bond acceptors (Lipinski definition) is 2. The van der Waals surface area contributed by atoms with Gasteiger partial charge in [0.2, 0.25) is 0 Å². The summed E-state index contributed by atoms with van der Waals surface area (Å²) in [4.78, 5) is 11.7. The van der Waals surface area contributed by atoms with Gasteiger partial charge in [0, 0.05) is 0 Å². The smallest absolute Gasteiger partial charge is 0.313 e. The normalized spacial score (nSPS) is 23.9. The van der Waals surface area contributed by atoms with Crippen molar-refractivity contribution in [2.45, 2.75) is 33.1 Å². The maximum Gasteiger partial charge on any atom is 0.313 e. The second kappa shape index (κ2) is 5.01. The van der Waals surface area contributed by atoms with Crippen LogP contribution in [0, 0.1) is 11.3 Å². The summed E-state index contributed by atoms with van der Waals surface area (Å²) in [6, 6.07) is 7.73. The van der Waals surface area contributed by atoms with Crippen LogP contribution in [-0.4, -0.2) is 17.7 Å². The number of hydrogen-bond donors (Lipinski definition) is 1. The van der Waals surface area contributed by atoms with E-state index >= 15 is 0 Å². The lowest BCUT2D eigenvalue weighted by Crippen LogP contribution is -2.46. The van der Waals surface area contributed by atoms with Crippen LogP contribution >= 0.6 is 0 Å². The van der Waals surface area contributed by atoms with Gasteiger partial charge in [0.25, 0.3) is 0 Å². The number of rotatable bonds is 4. The molecule has 1 aromatic rings. The Hall–Kier alpha value is -1.51. The summed E-state index contributed by atoms with van der Waals surface area (Å²) in [6.07, 6.45) is 2.48. The molecule has 0 bridgehead atoms. The highest BCUT2D eigenvalue weighted by Crippen LogP contribution is 2.41. The third-order valence-electron chi connectivity index (χ3n) is 4.05. The van der Waals surface area contributed by atoms with E-state index in [2.05, 4.69) is 6.92 Å². The predicted octanol–water partition coefficient (Wildman–Crippen LogP) is 3.13. The number of para-hydroxylation sites is 1. The summed E-state index contributed by atoms with van der Waals surface area (Å²) in [7, 11) is 0. The fourth-order valence-corrected chi connectivity index (χ4v) is 2.76. The highest BCUT2D eigenvalue weighted by molar-refractivity contribution is 5.76. The molecule has 0 fully saturated rings. The average molecular weight is 248 g/mol. The van der Waals surface area contributed by atoms with Crippen LogP contribution in [-0.2, 0) is 11.2 Å². The average Bonchev–Trinajstić information content (AvgIpc) is 2.38. The number of aliphatic carboxylic acids is 1. The van der Waals surface area contributed by atoms with Gasteiger partial charge in [0.1, 0.15) is 17.8 Å². The van der Waals surface area contributed by atoms with Gasteiger partial charge in [-0.1, -0.05) is 38.5 Å². The van der Waals surface area contributed by atoms with Crippen molar-refractivity contribution in [2.24, 2.45) is 11.3 Å². The van der Waals surface area contributed by atoms with Crippen LogP contribution in [0.5, 0.6) is 5.75 Å². The fourth-order valence-electron chi connectivity index (χ4n) is 2.76. The van der Waals surface area contributed by atoms with Gasteiger partial charge in [-0.3, -0.25) is 4.79 Å². The zero-order chi connectivity index (χ0) is 13.2. The Bertz CT molecular complexity index is 441. The number of carboxylic acids is 1. The van der Waals surface area contributed by atoms with Gasteiger partial charge in [-0.25, -0.2) is 0 Å². The lowest BCUT2D eigenvalue weighted by molar-refractivity contribution is -0.156. The minimum Gasteiger partial charge on any atom is -0.492 e. The Kier molecular flexibility index (Phi) is 3.60. The van der Waals surface area contributed by atoms with Crippen molar-refractivity contribution < 1.29 is 14.6 Å². The van der Waals surface area contributed by atoms with Crippen molar-refractivity contribution in [3.63, 3.8) is 0 Å². The Balaban J connectivity index is 2.32. The van der Waals surface area contributed by atoms with Crippen LogP contribution in [0.2, 0.25) is 0 Å². The van der Waals surface area contributed by atoms with E-state index in [9.17, 15) is 9.90 Å². The van der Waals surface area contributed by atoms with Crippen molar-refractivity contribution in [1.82, 2.24) is 0 Å². The molecule has 0 radical (unpaired) electrons. The van der Waals surface area contributed by atoms with E-state index < -0.39 is 11.4 Å². The van der Waals surface area contributed by atoms with Gasteiger partial charge in [-0.05, 0) is 30.4 Å². The van der Waals surface area contributed by atoms with Gasteiger partial charge in [-0.2, -0.15) is 0 Å². The molecule has 0 saturated heterocycles. The van der Waals surface area contributed by atoms with Crippen molar-refractivity contribution in [3.05, 3.63) is 29.8 Å². The van der Waals surface area contributed by atoms with Crippen LogP contribution < -0.4 is 4.74 Å². The standard InChI is InChI=1S/C15H20O3/c1-3-6-11(2)15(14(16)17)9-12-7-4-5-8-13(12)18-10-15/h4-5,7-8,11H,3,6,9-10H2,1-2H3,(H,16,17). The number of ether oxygens (including phenoxy) is 1. The lowest BCUT2D eigenvalue weighted by Gasteiger charge is -2.38. The van der Waals surface area contributed by atoms with Crippen LogP contribution in [0.1, 0.15) is 32.3 Å². The molecule has 3 nitrogen and oxygen atoms in total. The van der Waals surface area contributed by atoms with Gasteiger partial charge in [0.05, 0.1) is 0 Å². The molecule has 2 rings (SSSR count). The van der Waals surface area contributed by atoms with Crippen LogP contribution in [0.3, 0.4) is 0 Å². The predicted molar refractivity (Wildman–Crippen MR) is 69.8 cm³/mol. The van der Waals surface area contributed by atoms with Gasteiger partial charge in [-0.15, -0.1) is 0 Å². The molecule has 0 aliphatic carbocycles. The first-order chi connectivity index (χ1) is 8.60. The summed E-state index contributed by atoms with van der Waals surface area (Å²) in [5.74, 6) is 0.212. The maximum atomic E-state index is 11.7. The van der Waals surface area contributed by atoms with E-state index in [0.717, 1.165) is 24.2 Å². The third kappa shape index (κ3) is 2.09. The molecule has 1 aromatic carbocycles. The molecule has 1 N–H and O–H groups in total. The highest BCUT2D eigenvalue weighted by Gasteiger charge is 2.46. The fraction of sp³-hybridized carbons (Fsp3) is 0.533. The quantitative estimate of drug-likeness (QED) is 0.890. The molecule has 0 amide bonds. The Morgan fingerprint density at radius 1 is 1.50 bits per heavy atom. The molecule has 0 spiro atoms. The van der Waals surface area contributed by atoms with E-state index in [-0.39, 0.29) is 12.5 Å². The first kappa shape index (κ1) is 12.9. The monoisotopic (exact) mass is 248 g/mol. The molecule has 1 aliphatic heterocycles. The van der Waals surface area contributed by atoms with Crippen LogP contribution in [0.15, 0.2) is 24.3 Å². The molecular weight excluding hydrogens is 228 g/mol. The first-order valence-corrected chi connectivity index (χ1v) is 6.54. The second-order valence-corrected chi connectivity index (χ2v) is 5.22. The minimum absolute atomic E-state index is 0.119. The van der Waals surface area contributed by atoms with Gasteiger partial charge < -0.3 is 9.84 Å². The molecule has 98 valence electrons. The number of benzene rings is 1. The molecule has 18 heavy (non-hydrogen) atoms. The molecule has 2 atom stereocenters. The summed E-state index contributed by atoms with van der Waals surface area (Å²) in [5, 5.41) is 9.63. The van der Waals surface area contributed by atoms with Crippen molar-refractivity contribution in [2.75, 3.05) is 6.61 Å².